The van der Waals surface area contributed by atoms with Crippen molar-refractivity contribution in [1.82, 2.24) is 0 Å². The van der Waals surface area contributed by atoms with Crippen LogP contribution < -0.4 is 5.32 Å². The average Bonchev–Trinajstić information content (AvgIpc) is 2.05. The Morgan fingerprint density at radius 3 is 2.33 bits per heavy atom. The molecule has 0 aliphatic heterocycles. The van der Waals surface area contributed by atoms with Gasteiger partial charge in [-0.15, -0.1) is 0 Å². The molecule has 0 fully saturated rings. The maximum Gasteiger partial charge on any atom is 0.149 e. The van der Waals surface area contributed by atoms with Crippen LogP contribution in [0, 0.1) is 0 Å². The minimum atomic E-state index is -2.92. The predicted molar refractivity (Wildman–Crippen MR) is 66.9 cm³/mol. The molecule has 1 N–H and O–H groups in total. The average molecular weight is 292 g/mol. The molecule has 1 aromatic rings. The Balaban J connectivity index is 2.59. The number of anilines is 1. The molecule has 84 valence electrons. The van der Waals surface area contributed by atoms with Crippen molar-refractivity contribution in [2.24, 2.45) is 0 Å². The summed E-state index contributed by atoms with van der Waals surface area (Å²) in [6, 6.07) is 7.55. The van der Waals surface area contributed by atoms with Gasteiger partial charge in [-0.25, -0.2) is 8.42 Å². The standard InChI is InChI=1S/C10H14BrNO2S/c1-8(7-15(2,13)14)12-10-5-3-9(11)4-6-10/h3-6,8,12H,7H2,1-2H3. The molecule has 5 heteroatoms. The van der Waals surface area contributed by atoms with E-state index in [2.05, 4.69) is 21.2 Å². The summed E-state index contributed by atoms with van der Waals surface area (Å²) in [5, 5.41) is 3.13. The molecule has 1 rings (SSSR count). The first-order chi connectivity index (χ1) is 6.87. The van der Waals surface area contributed by atoms with Gasteiger partial charge in [-0.2, -0.15) is 0 Å². The van der Waals surface area contributed by atoms with Crippen LogP contribution >= 0.6 is 15.9 Å². The Bertz CT molecular complexity index is 414. The third kappa shape index (κ3) is 5.18. The van der Waals surface area contributed by atoms with Crippen molar-refractivity contribution in [3.63, 3.8) is 0 Å². The number of benzene rings is 1. The molecule has 0 aromatic heterocycles. The third-order valence-electron chi connectivity index (χ3n) is 1.81. The summed E-state index contributed by atoms with van der Waals surface area (Å²) < 4.78 is 23.1. The second-order valence-electron chi connectivity index (χ2n) is 3.64. The summed E-state index contributed by atoms with van der Waals surface area (Å²) in [5.74, 6) is 0.142. The van der Waals surface area contributed by atoms with E-state index in [1.165, 1.54) is 6.26 Å². The third-order valence-corrected chi connectivity index (χ3v) is 3.44. The van der Waals surface area contributed by atoms with Crippen LogP contribution in [0.2, 0.25) is 0 Å². The van der Waals surface area contributed by atoms with Crippen molar-refractivity contribution in [3.8, 4) is 0 Å². The first-order valence-electron chi connectivity index (χ1n) is 4.56. The van der Waals surface area contributed by atoms with Gasteiger partial charge in [0.05, 0.1) is 5.75 Å². The van der Waals surface area contributed by atoms with E-state index in [0.29, 0.717) is 0 Å². The van der Waals surface area contributed by atoms with Crippen molar-refractivity contribution in [2.75, 3.05) is 17.3 Å². The minimum Gasteiger partial charge on any atom is -0.382 e. The fourth-order valence-electron chi connectivity index (χ4n) is 1.33. The van der Waals surface area contributed by atoms with Gasteiger partial charge in [-0.05, 0) is 31.2 Å². The number of halogens is 1. The Morgan fingerprint density at radius 2 is 1.87 bits per heavy atom. The monoisotopic (exact) mass is 291 g/mol. The molecule has 1 atom stereocenters. The van der Waals surface area contributed by atoms with E-state index in [1.807, 2.05) is 31.2 Å². The van der Waals surface area contributed by atoms with Gasteiger partial charge in [0.1, 0.15) is 9.84 Å². The summed E-state index contributed by atoms with van der Waals surface area (Å²) in [6.07, 6.45) is 1.24. The van der Waals surface area contributed by atoms with Crippen LogP contribution in [-0.4, -0.2) is 26.5 Å². The molecule has 0 radical (unpaired) electrons. The fourth-order valence-corrected chi connectivity index (χ4v) is 2.58. The van der Waals surface area contributed by atoms with Gasteiger partial charge in [0, 0.05) is 22.5 Å². The maximum atomic E-state index is 11.0. The lowest BCUT2D eigenvalue weighted by atomic mass is 10.3. The zero-order valence-electron chi connectivity index (χ0n) is 8.70. The van der Waals surface area contributed by atoms with Gasteiger partial charge < -0.3 is 5.32 Å². The lowest BCUT2D eigenvalue weighted by Crippen LogP contribution is -2.24. The van der Waals surface area contributed by atoms with Crippen LogP contribution in [0.4, 0.5) is 5.69 Å². The number of nitrogens with one attached hydrogen (secondary N) is 1. The second-order valence-corrected chi connectivity index (χ2v) is 6.75. The highest BCUT2D eigenvalue weighted by Crippen LogP contribution is 2.15. The van der Waals surface area contributed by atoms with Crippen LogP contribution in [0.25, 0.3) is 0 Å². The van der Waals surface area contributed by atoms with E-state index in [0.717, 1.165) is 10.2 Å². The Hall–Kier alpha value is -0.550. The number of rotatable bonds is 4. The second kappa shape index (κ2) is 4.99. The Morgan fingerprint density at radius 1 is 1.33 bits per heavy atom. The molecule has 0 aliphatic carbocycles. The quantitative estimate of drug-likeness (QED) is 0.926. The zero-order valence-corrected chi connectivity index (χ0v) is 11.1. The number of hydrogen-bond acceptors (Lipinski definition) is 3. The van der Waals surface area contributed by atoms with Crippen LogP contribution in [0.3, 0.4) is 0 Å². The molecular weight excluding hydrogens is 278 g/mol. The molecule has 0 amide bonds. The highest BCUT2D eigenvalue weighted by molar-refractivity contribution is 9.10. The largest absolute Gasteiger partial charge is 0.382 e. The van der Waals surface area contributed by atoms with Crippen molar-refractivity contribution in [2.45, 2.75) is 13.0 Å². The lowest BCUT2D eigenvalue weighted by molar-refractivity contribution is 0.598. The van der Waals surface area contributed by atoms with Gasteiger partial charge in [0.2, 0.25) is 0 Å². The van der Waals surface area contributed by atoms with Gasteiger partial charge in [0.15, 0.2) is 0 Å². The van der Waals surface area contributed by atoms with Gasteiger partial charge in [0.25, 0.3) is 0 Å². The molecule has 15 heavy (non-hydrogen) atoms. The molecule has 0 spiro atoms. The molecule has 1 unspecified atom stereocenters. The van der Waals surface area contributed by atoms with Gasteiger partial charge in [-0.1, -0.05) is 15.9 Å². The molecule has 3 nitrogen and oxygen atoms in total. The predicted octanol–water partition coefficient (Wildman–Crippen LogP) is 2.29. The highest BCUT2D eigenvalue weighted by Gasteiger charge is 2.09. The first-order valence-corrected chi connectivity index (χ1v) is 7.42. The summed E-state index contributed by atoms with van der Waals surface area (Å²) in [5.41, 5.74) is 0.925. The minimum absolute atomic E-state index is 0.0822. The molecule has 0 aliphatic rings. The van der Waals surface area contributed by atoms with E-state index in [1.54, 1.807) is 0 Å². The first kappa shape index (κ1) is 12.5. The zero-order chi connectivity index (χ0) is 11.5. The SMILES string of the molecule is CC(CS(C)(=O)=O)Nc1ccc(Br)cc1. The van der Waals surface area contributed by atoms with E-state index < -0.39 is 9.84 Å². The van der Waals surface area contributed by atoms with Crippen LogP contribution in [0.1, 0.15) is 6.92 Å². The summed E-state index contributed by atoms with van der Waals surface area (Å²) in [4.78, 5) is 0. The van der Waals surface area contributed by atoms with Crippen LogP contribution in [0.15, 0.2) is 28.7 Å². The number of hydrogen-bond donors (Lipinski definition) is 1. The van der Waals surface area contributed by atoms with Crippen molar-refractivity contribution >= 4 is 31.5 Å². The van der Waals surface area contributed by atoms with Gasteiger partial charge >= 0.3 is 0 Å². The molecule has 0 bridgehead atoms. The topological polar surface area (TPSA) is 46.2 Å². The molecular formula is C10H14BrNO2S. The fraction of sp³-hybridized carbons (Fsp3) is 0.400. The summed E-state index contributed by atoms with van der Waals surface area (Å²) in [6.45, 7) is 1.85. The molecule has 0 saturated heterocycles. The molecule has 0 heterocycles. The summed E-state index contributed by atoms with van der Waals surface area (Å²) in [7, 11) is -2.92. The molecule has 0 saturated carbocycles. The van der Waals surface area contributed by atoms with Crippen molar-refractivity contribution in [3.05, 3.63) is 28.7 Å². The smallest absolute Gasteiger partial charge is 0.149 e. The van der Waals surface area contributed by atoms with E-state index in [4.69, 9.17) is 0 Å². The lowest BCUT2D eigenvalue weighted by Gasteiger charge is -2.13. The molecule has 1 aromatic carbocycles. The van der Waals surface area contributed by atoms with Crippen molar-refractivity contribution in [1.29, 1.82) is 0 Å². The van der Waals surface area contributed by atoms with E-state index in [-0.39, 0.29) is 11.8 Å². The number of sulfone groups is 1. The van der Waals surface area contributed by atoms with E-state index >= 15 is 0 Å². The highest BCUT2D eigenvalue weighted by atomic mass is 79.9. The summed E-state index contributed by atoms with van der Waals surface area (Å²) >= 11 is 3.34. The van der Waals surface area contributed by atoms with Gasteiger partial charge in [-0.3, -0.25) is 0 Å². The Kier molecular flexibility index (Phi) is 4.16. The van der Waals surface area contributed by atoms with Crippen LogP contribution in [-0.2, 0) is 9.84 Å². The van der Waals surface area contributed by atoms with Crippen LogP contribution in [0.5, 0.6) is 0 Å². The van der Waals surface area contributed by atoms with E-state index in [9.17, 15) is 8.42 Å². The Labute approximate surface area is 98.9 Å². The van der Waals surface area contributed by atoms with Crippen molar-refractivity contribution < 1.29 is 8.42 Å². The normalized spacial score (nSPS) is 13.5. The maximum absolute atomic E-state index is 11.0.